The fourth-order valence-electron chi connectivity index (χ4n) is 1.61. The molecule has 1 aromatic carbocycles. The van der Waals surface area contributed by atoms with Gasteiger partial charge in [0.15, 0.2) is 5.78 Å². The molecule has 1 aliphatic heterocycles. The van der Waals surface area contributed by atoms with Crippen molar-refractivity contribution in [2.45, 2.75) is 19.1 Å². The minimum atomic E-state index is -0.413. The van der Waals surface area contributed by atoms with Crippen molar-refractivity contribution < 1.29 is 14.3 Å². The number of hydrogen-bond donors (Lipinski definition) is 0. The molecular formula is C12H14O3. The smallest absolute Gasteiger partial charge is 0.160 e. The van der Waals surface area contributed by atoms with Crippen LogP contribution in [0.2, 0.25) is 0 Å². The van der Waals surface area contributed by atoms with Gasteiger partial charge in [-0.2, -0.15) is 0 Å². The molecule has 2 unspecified atom stereocenters. The highest BCUT2D eigenvalue weighted by Gasteiger charge is 2.26. The van der Waals surface area contributed by atoms with Gasteiger partial charge in [-0.25, -0.2) is 0 Å². The second-order valence-electron chi connectivity index (χ2n) is 3.67. The summed E-state index contributed by atoms with van der Waals surface area (Å²) in [6, 6.07) is 9.83. The number of carbonyl (C=O) groups excluding carboxylic acids is 1. The van der Waals surface area contributed by atoms with Crippen molar-refractivity contribution in [3.63, 3.8) is 0 Å². The third-order valence-electron chi connectivity index (χ3n) is 2.49. The highest BCUT2D eigenvalue weighted by molar-refractivity contribution is 5.80. The molecule has 3 nitrogen and oxygen atoms in total. The summed E-state index contributed by atoms with van der Waals surface area (Å²) in [6.45, 7) is 2.42. The lowest BCUT2D eigenvalue weighted by molar-refractivity contribution is -0.161. The summed E-state index contributed by atoms with van der Waals surface area (Å²) in [7, 11) is 0. The highest BCUT2D eigenvalue weighted by atomic mass is 16.6. The molecule has 1 fully saturated rings. The van der Waals surface area contributed by atoms with Gasteiger partial charge >= 0.3 is 0 Å². The monoisotopic (exact) mass is 206 g/mol. The number of hydrogen-bond acceptors (Lipinski definition) is 3. The number of ketones is 1. The zero-order valence-electron chi connectivity index (χ0n) is 8.68. The maximum Gasteiger partial charge on any atom is 0.160 e. The lowest BCUT2D eigenvalue weighted by atomic mass is 10.1. The van der Waals surface area contributed by atoms with E-state index >= 15 is 0 Å². The summed E-state index contributed by atoms with van der Waals surface area (Å²) in [6.07, 6.45) is -0.530. The summed E-state index contributed by atoms with van der Waals surface area (Å²) >= 11 is 0. The molecular weight excluding hydrogens is 192 g/mol. The van der Waals surface area contributed by atoms with Crippen molar-refractivity contribution in [2.24, 2.45) is 0 Å². The van der Waals surface area contributed by atoms with Gasteiger partial charge in [0.2, 0.25) is 0 Å². The number of carbonyl (C=O) groups is 1. The van der Waals surface area contributed by atoms with Crippen LogP contribution in [0.25, 0.3) is 0 Å². The van der Waals surface area contributed by atoms with Crippen LogP contribution in [0.4, 0.5) is 0 Å². The molecule has 0 N–H and O–H groups in total. The predicted octanol–water partition coefficient (Wildman–Crippen LogP) is 1.73. The molecule has 2 atom stereocenters. The Morgan fingerprint density at radius 1 is 1.27 bits per heavy atom. The first-order valence-corrected chi connectivity index (χ1v) is 5.06. The number of ether oxygens (including phenoxy) is 2. The fourth-order valence-corrected chi connectivity index (χ4v) is 1.61. The van der Waals surface area contributed by atoms with Gasteiger partial charge in [-0.3, -0.25) is 4.79 Å². The lowest BCUT2D eigenvalue weighted by Crippen LogP contribution is -2.36. The number of rotatable bonds is 2. The van der Waals surface area contributed by atoms with Gasteiger partial charge in [0.25, 0.3) is 0 Å². The Morgan fingerprint density at radius 3 is 2.67 bits per heavy atom. The van der Waals surface area contributed by atoms with Gasteiger partial charge in [-0.05, 0) is 12.5 Å². The molecule has 0 radical (unpaired) electrons. The molecule has 0 aromatic heterocycles. The minimum Gasteiger partial charge on any atom is -0.375 e. The zero-order chi connectivity index (χ0) is 10.7. The molecule has 0 amide bonds. The van der Waals surface area contributed by atoms with Crippen molar-refractivity contribution in [1.29, 1.82) is 0 Å². The first-order valence-electron chi connectivity index (χ1n) is 5.06. The quantitative estimate of drug-likeness (QED) is 0.739. The topological polar surface area (TPSA) is 35.5 Å². The van der Waals surface area contributed by atoms with Crippen LogP contribution in [0.3, 0.4) is 0 Å². The Kier molecular flexibility index (Phi) is 3.14. The predicted molar refractivity (Wildman–Crippen MR) is 55.6 cm³/mol. The van der Waals surface area contributed by atoms with Crippen LogP contribution in [0.15, 0.2) is 30.3 Å². The summed E-state index contributed by atoms with van der Waals surface area (Å²) in [4.78, 5) is 11.2. The molecule has 1 aromatic rings. The number of benzene rings is 1. The second kappa shape index (κ2) is 4.55. The van der Waals surface area contributed by atoms with E-state index in [1.165, 1.54) is 6.92 Å². The van der Waals surface area contributed by atoms with Crippen LogP contribution in [0, 0.1) is 0 Å². The molecule has 0 spiro atoms. The Morgan fingerprint density at radius 2 is 2.00 bits per heavy atom. The van der Waals surface area contributed by atoms with Crippen LogP contribution in [0.1, 0.15) is 18.6 Å². The first kappa shape index (κ1) is 10.3. The third-order valence-corrected chi connectivity index (χ3v) is 2.49. The van der Waals surface area contributed by atoms with Crippen LogP contribution in [0.5, 0.6) is 0 Å². The molecule has 3 heteroatoms. The second-order valence-corrected chi connectivity index (χ2v) is 3.67. The first-order chi connectivity index (χ1) is 7.27. The van der Waals surface area contributed by atoms with Crippen LogP contribution in [-0.2, 0) is 14.3 Å². The zero-order valence-corrected chi connectivity index (χ0v) is 8.68. The van der Waals surface area contributed by atoms with Crippen molar-refractivity contribution >= 4 is 5.78 Å². The van der Waals surface area contributed by atoms with Crippen LogP contribution < -0.4 is 0 Å². The average Bonchev–Trinajstić information content (AvgIpc) is 2.30. The maximum absolute atomic E-state index is 11.2. The van der Waals surface area contributed by atoms with Gasteiger partial charge in [-0.1, -0.05) is 30.3 Å². The Labute approximate surface area is 89.0 Å². The average molecular weight is 206 g/mol. The minimum absolute atomic E-state index is 0.0237. The summed E-state index contributed by atoms with van der Waals surface area (Å²) < 4.78 is 11.0. The van der Waals surface area contributed by atoms with Crippen molar-refractivity contribution in [2.75, 3.05) is 13.2 Å². The van der Waals surface area contributed by atoms with E-state index in [1.807, 2.05) is 30.3 Å². The third kappa shape index (κ3) is 2.43. The Bertz CT molecular complexity index is 334. The largest absolute Gasteiger partial charge is 0.375 e. The fraction of sp³-hybridized carbons (Fsp3) is 0.417. The van der Waals surface area contributed by atoms with Gasteiger partial charge < -0.3 is 9.47 Å². The van der Waals surface area contributed by atoms with Crippen molar-refractivity contribution in [1.82, 2.24) is 0 Å². The number of Topliss-reactive ketones (excluding diaryl/α,β-unsaturated/α-hetero) is 1. The van der Waals surface area contributed by atoms with E-state index in [0.29, 0.717) is 13.2 Å². The Balaban J connectivity index is 2.08. The standard InChI is InChI=1S/C12H14O3/c1-9(13)11-7-14-8-12(15-11)10-5-3-2-4-6-10/h2-6,11-12H,7-8H2,1H3. The molecule has 1 heterocycles. The summed E-state index contributed by atoms with van der Waals surface area (Å²) in [5, 5.41) is 0. The SMILES string of the molecule is CC(=O)C1COCC(c2ccccc2)O1. The van der Waals surface area contributed by atoms with E-state index in [0.717, 1.165) is 5.56 Å². The van der Waals surface area contributed by atoms with E-state index in [2.05, 4.69) is 0 Å². The van der Waals surface area contributed by atoms with Gasteiger partial charge in [0.05, 0.1) is 13.2 Å². The molecule has 0 saturated carbocycles. The lowest BCUT2D eigenvalue weighted by Gasteiger charge is -2.28. The van der Waals surface area contributed by atoms with Gasteiger partial charge in [0, 0.05) is 0 Å². The van der Waals surface area contributed by atoms with E-state index in [-0.39, 0.29) is 11.9 Å². The molecule has 1 aliphatic rings. The van der Waals surface area contributed by atoms with E-state index in [1.54, 1.807) is 0 Å². The van der Waals surface area contributed by atoms with Crippen molar-refractivity contribution in [3.05, 3.63) is 35.9 Å². The molecule has 15 heavy (non-hydrogen) atoms. The van der Waals surface area contributed by atoms with E-state index in [4.69, 9.17) is 9.47 Å². The molecule has 80 valence electrons. The Hall–Kier alpha value is -1.19. The van der Waals surface area contributed by atoms with Gasteiger partial charge in [-0.15, -0.1) is 0 Å². The summed E-state index contributed by atoms with van der Waals surface area (Å²) in [5.41, 5.74) is 1.06. The van der Waals surface area contributed by atoms with Gasteiger partial charge in [0.1, 0.15) is 12.2 Å². The molecule has 0 bridgehead atoms. The maximum atomic E-state index is 11.2. The van der Waals surface area contributed by atoms with Crippen LogP contribution >= 0.6 is 0 Å². The van der Waals surface area contributed by atoms with E-state index < -0.39 is 6.10 Å². The van der Waals surface area contributed by atoms with Crippen molar-refractivity contribution in [3.8, 4) is 0 Å². The molecule has 0 aliphatic carbocycles. The van der Waals surface area contributed by atoms with Crippen LogP contribution in [-0.4, -0.2) is 25.1 Å². The highest BCUT2D eigenvalue weighted by Crippen LogP contribution is 2.23. The molecule has 2 rings (SSSR count). The van der Waals surface area contributed by atoms with E-state index in [9.17, 15) is 4.79 Å². The summed E-state index contributed by atoms with van der Waals surface area (Å²) in [5.74, 6) is 0.0237. The molecule has 1 saturated heterocycles. The normalized spacial score (nSPS) is 26.2.